The lowest BCUT2D eigenvalue weighted by Crippen LogP contribution is -2.41. The second-order valence-electron chi connectivity index (χ2n) is 3.28. The Morgan fingerprint density at radius 3 is 1.27 bits per heavy atom. The third kappa shape index (κ3) is 3.20. The summed E-state index contributed by atoms with van der Waals surface area (Å²) < 4.78 is 23.8. The van der Waals surface area contributed by atoms with Gasteiger partial charge in [-0.2, -0.15) is 4.31 Å². The van der Waals surface area contributed by atoms with Gasteiger partial charge in [-0.15, -0.1) is 0 Å². The van der Waals surface area contributed by atoms with E-state index < -0.39 is 10.0 Å². The molecule has 0 saturated heterocycles. The van der Waals surface area contributed by atoms with Gasteiger partial charge in [0.25, 0.3) is 0 Å². The van der Waals surface area contributed by atoms with Crippen LogP contribution in [0.4, 0.5) is 0 Å². The number of hydrogen-bond acceptors (Lipinski definition) is 2. The van der Waals surface area contributed by atoms with Crippen LogP contribution in [0.2, 0.25) is 0 Å². The van der Waals surface area contributed by atoms with E-state index in [-0.39, 0.29) is 12.1 Å². The molecule has 0 rings (SSSR count). The Morgan fingerprint density at radius 2 is 1.27 bits per heavy atom. The van der Waals surface area contributed by atoms with Crippen LogP contribution in [-0.2, 0) is 10.0 Å². The van der Waals surface area contributed by atoms with Gasteiger partial charge >= 0.3 is 0 Å². The zero-order valence-electron chi connectivity index (χ0n) is 7.83. The lowest BCUT2D eigenvalue weighted by molar-refractivity contribution is 0.304. The Kier molecular flexibility index (Phi) is 3.51. The standard InChI is InChI=1S/C7H17NO2S/c1-6(2)8(7(3)4)11(5,9)10/h6-7H,1-5H3. The lowest BCUT2D eigenvalue weighted by Gasteiger charge is -2.27. The summed E-state index contributed by atoms with van der Waals surface area (Å²) in [5.74, 6) is 0. The zero-order valence-corrected chi connectivity index (χ0v) is 8.64. The van der Waals surface area contributed by atoms with E-state index in [1.165, 1.54) is 10.6 Å². The molecule has 0 bridgehead atoms. The van der Waals surface area contributed by atoms with Crippen molar-refractivity contribution in [1.29, 1.82) is 0 Å². The first-order chi connectivity index (χ1) is 4.76. The minimum atomic E-state index is -3.03. The summed E-state index contributed by atoms with van der Waals surface area (Å²) in [6, 6.07) is 0.0926. The van der Waals surface area contributed by atoms with E-state index in [4.69, 9.17) is 0 Å². The summed E-state index contributed by atoms with van der Waals surface area (Å²) >= 11 is 0. The van der Waals surface area contributed by atoms with E-state index in [1.54, 1.807) is 0 Å². The summed E-state index contributed by atoms with van der Waals surface area (Å²) in [6.45, 7) is 7.50. The van der Waals surface area contributed by atoms with Gasteiger partial charge in [0.2, 0.25) is 10.0 Å². The average Bonchev–Trinajstić information content (AvgIpc) is 1.54. The molecule has 4 heteroatoms. The van der Waals surface area contributed by atoms with Gasteiger partial charge in [0, 0.05) is 12.1 Å². The smallest absolute Gasteiger partial charge is 0.211 e. The molecule has 0 aromatic carbocycles. The zero-order chi connectivity index (χ0) is 9.23. The largest absolute Gasteiger partial charge is 0.212 e. The number of rotatable bonds is 3. The van der Waals surface area contributed by atoms with Crippen molar-refractivity contribution in [3.8, 4) is 0 Å². The molecule has 11 heavy (non-hydrogen) atoms. The summed E-state index contributed by atoms with van der Waals surface area (Å²) in [4.78, 5) is 0. The van der Waals surface area contributed by atoms with Crippen molar-refractivity contribution in [1.82, 2.24) is 4.31 Å². The first-order valence-electron chi connectivity index (χ1n) is 3.75. The summed E-state index contributed by atoms with van der Waals surface area (Å²) in [6.07, 6.45) is 1.24. The van der Waals surface area contributed by atoms with Gasteiger partial charge in [0.1, 0.15) is 0 Å². The van der Waals surface area contributed by atoms with Crippen LogP contribution in [0.15, 0.2) is 0 Å². The van der Waals surface area contributed by atoms with E-state index in [2.05, 4.69) is 0 Å². The van der Waals surface area contributed by atoms with Crippen LogP contribution in [0, 0.1) is 0 Å². The molecule has 0 atom stereocenters. The van der Waals surface area contributed by atoms with Gasteiger partial charge in [-0.25, -0.2) is 8.42 Å². The van der Waals surface area contributed by atoms with E-state index in [0.717, 1.165) is 0 Å². The topological polar surface area (TPSA) is 37.4 Å². The van der Waals surface area contributed by atoms with Crippen LogP contribution >= 0.6 is 0 Å². The lowest BCUT2D eigenvalue weighted by atomic mass is 10.3. The highest BCUT2D eigenvalue weighted by Gasteiger charge is 2.22. The second kappa shape index (κ2) is 3.54. The van der Waals surface area contributed by atoms with Gasteiger partial charge in [-0.3, -0.25) is 0 Å². The van der Waals surface area contributed by atoms with Crippen molar-refractivity contribution in [3.05, 3.63) is 0 Å². The van der Waals surface area contributed by atoms with Gasteiger partial charge in [0.15, 0.2) is 0 Å². The van der Waals surface area contributed by atoms with Gasteiger partial charge in [-0.1, -0.05) is 0 Å². The third-order valence-corrected chi connectivity index (χ3v) is 3.01. The van der Waals surface area contributed by atoms with Crippen molar-refractivity contribution >= 4 is 10.0 Å². The van der Waals surface area contributed by atoms with Gasteiger partial charge in [0.05, 0.1) is 6.26 Å². The van der Waals surface area contributed by atoms with Crippen molar-refractivity contribution in [3.63, 3.8) is 0 Å². The minimum absolute atomic E-state index is 0.0463. The minimum Gasteiger partial charge on any atom is -0.212 e. The molecule has 0 aliphatic rings. The average molecular weight is 179 g/mol. The van der Waals surface area contributed by atoms with Crippen molar-refractivity contribution in [2.45, 2.75) is 39.8 Å². The normalized spacial score (nSPS) is 13.5. The maximum absolute atomic E-state index is 11.1. The molecule has 0 aromatic heterocycles. The molecule has 0 aromatic rings. The van der Waals surface area contributed by atoms with Crippen LogP contribution in [0.1, 0.15) is 27.7 Å². The van der Waals surface area contributed by atoms with Gasteiger partial charge in [-0.05, 0) is 27.7 Å². The monoisotopic (exact) mass is 179 g/mol. The van der Waals surface area contributed by atoms with Crippen molar-refractivity contribution in [2.75, 3.05) is 6.26 Å². The molecular weight excluding hydrogens is 162 g/mol. The number of hydrogen-bond donors (Lipinski definition) is 0. The highest BCUT2D eigenvalue weighted by molar-refractivity contribution is 7.88. The fourth-order valence-corrected chi connectivity index (χ4v) is 2.89. The third-order valence-electron chi connectivity index (χ3n) is 1.40. The maximum Gasteiger partial charge on any atom is 0.211 e. The van der Waals surface area contributed by atoms with Crippen LogP contribution in [0.25, 0.3) is 0 Å². The first-order valence-corrected chi connectivity index (χ1v) is 5.60. The highest BCUT2D eigenvalue weighted by Crippen LogP contribution is 2.09. The predicted octanol–water partition coefficient (Wildman–Crippen LogP) is 1.06. The quantitative estimate of drug-likeness (QED) is 0.649. The Balaban J connectivity index is 4.64. The molecule has 0 amide bonds. The van der Waals surface area contributed by atoms with Crippen molar-refractivity contribution < 1.29 is 8.42 Å². The molecule has 0 radical (unpaired) electrons. The Bertz CT molecular complexity index is 198. The van der Waals surface area contributed by atoms with Crippen molar-refractivity contribution in [2.24, 2.45) is 0 Å². The summed E-state index contributed by atoms with van der Waals surface area (Å²) in [7, 11) is -3.03. The molecule has 3 nitrogen and oxygen atoms in total. The fraction of sp³-hybridized carbons (Fsp3) is 1.00. The molecule has 0 aliphatic heterocycles. The fourth-order valence-electron chi connectivity index (χ4n) is 1.36. The van der Waals surface area contributed by atoms with E-state index in [1.807, 2.05) is 27.7 Å². The Labute approximate surface area is 69.4 Å². The van der Waals surface area contributed by atoms with Crippen LogP contribution in [0.3, 0.4) is 0 Å². The summed E-state index contributed by atoms with van der Waals surface area (Å²) in [5.41, 5.74) is 0. The van der Waals surface area contributed by atoms with E-state index in [0.29, 0.717) is 0 Å². The molecular formula is C7H17NO2S. The highest BCUT2D eigenvalue weighted by atomic mass is 32.2. The molecule has 0 fully saturated rings. The molecule has 0 aliphatic carbocycles. The number of nitrogens with zero attached hydrogens (tertiary/aromatic N) is 1. The predicted molar refractivity (Wildman–Crippen MR) is 47.0 cm³/mol. The molecule has 0 unspecified atom stereocenters. The molecule has 68 valence electrons. The SMILES string of the molecule is CC(C)N(C(C)C)S(C)(=O)=O. The van der Waals surface area contributed by atoms with Crippen LogP contribution in [0.5, 0.6) is 0 Å². The number of sulfonamides is 1. The molecule has 0 heterocycles. The Morgan fingerprint density at radius 1 is 1.00 bits per heavy atom. The summed E-state index contributed by atoms with van der Waals surface area (Å²) in [5, 5.41) is 0. The molecule has 0 spiro atoms. The van der Waals surface area contributed by atoms with E-state index >= 15 is 0 Å². The maximum atomic E-state index is 11.1. The first kappa shape index (κ1) is 10.9. The van der Waals surface area contributed by atoms with E-state index in [9.17, 15) is 8.42 Å². The van der Waals surface area contributed by atoms with Crippen LogP contribution < -0.4 is 0 Å². The Hall–Kier alpha value is -0.0900. The molecule has 0 N–H and O–H groups in total. The van der Waals surface area contributed by atoms with Gasteiger partial charge < -0.3 is 0 Å². The molecule has 0 saturated carbocycles. The second-order valence-corrected chi connectivity index (χ2v) is 5.17. The van der Waals surface area contributed by atoms with Crippen LogP contribution in [-0.4, -0.2) is 31.1 Å².